The van der Waals surface area contributed by atoms with E-state index in [0.717, 1.165) is 24.2 Å². The van der Waals surface area contributed by atoms with Crippen LogP contribution in [0.1, 0.15) is 53.2 Å². The van der Waals surface area contributed by atoms with E-state index >= 15 is 0 Å². The van der Waals surface area contributed by atoms with Crippen LogP contribution in [0.5, 0.6) is 0 Å². The number of carboxylic acids is 1. The van der Waals surface area contributed by atoms with Crippen LogP contribution in [0.15, 0.2) is 48.5 Å². The van der Waals surface area contributed by atoms with Crippen molar-refractivity contribution in [2.75, 3.05) is 13.2 Å². The number of ether oxygens (including phenoxy) is 2. The summed E-state index contributed by atoms with van der Waals surface area (Å²) in [6.07, 6.45) is 3.45. The Morgan fingerprint density at radius 3 is 2.55 bits per heavy atom. The second kappa shape index (κ2) is 9.71. The van der Waals surface area contributed by atoms with Crippen LogP contribution in [0.4, 0.5) is 4.79 Å². The van der Waals surface area contributed by atoms with E-state index in [0.29, 0.717) is 18.9 Å². The molecule has 1 heterocycles. The molecule has 2 atom stereocenters. The fraction of sp³-hybridized carbons (Fsp3) is 0.417. The lowest BCUT2D eigenvalue weighted by Gasteiger charge is -2.39. The van der Waals surface area contributed by atoms with E-state index in [9.17, 15) is 14.7 Å². The molecule has 2 unspecified atom stereocenters. The van der Waals surface area contributed by atoms with E-state index in [4.69, 9.17) is 21.1 Å². The van der Waals surface area contributed by atoms with Gasteiger partial charge in [-0.1, -0.05) is 48.0 Å². The van der Waals surface area contributed by atoms with Gasteiger partial charge in [0, 0.05) is 13.2 Å². The fourth-order valence-electron chi connectivity index (χ4n) is 3.89. The number of amides is 1. The predicted molar refractivity (Wildman–Crippen MR) is 116 cm³/mol. The third kappa shape index (κ3) is 5.57. The zero-order valence-corrected chi connectivity index (χ0v) is 18.0. The second-order valence-electron chi connectivity index (χ2n) is 8.22. The van der Waals surface area contributed by atoms with Gasteiger partial charge in [-0.15, -0.1) is 0 Å². The fourth-order valence-corrected chi connectivity index (χ4v) is 4.16. The van der Waals surface area contributed by atoms with Crippen molar-refractivity contribution in [3.05, 3.63) is 70.2 Å². The van der Waals surface area contributed by atoms with Crippen molar-refractivity contribution in [2.24, 2.45) is 5.92 Å². The van der Waals surface area contributed by atoms with Crippen LogP contribution in [0, 0.1) is 5.92 Å². The molecule has 1 saturated carbocycles. The number of nitrogens with zero attached hydrogens (tertiary/aromatic N) is 1. The third-order valence-electron chi connectivity index (χ3n) is 5.87. The molecule has 2 aromatic rings. The maximum atomic E-state index is 12.9. The number of hydrogen-bond donors (Lipinski definition) is 1. The second-order valence-corrected chi connectivity index (χ2v) is 8.62. The monoisotopic (exact) mass is 443 g/mol. The quantitative estimate of drug-likeness (QED) is 0.627. The average molecular weight is 444 g/mol. The summed E-state index contributed by atoms with van der Waals surface area (Å²) < 4.78 is 11.7. The number of likely N-dealkylation sites (tertiary alicyclic amines) is 1. The van der Waals surface area contributed by atoms with Gasteiger partial charge in [0.1, 0.15) is 6.61 Å². The first-order chi connectivity index (χ1) is 15.0. The van der Waals surface area contributed by atoms with E-state index < -0.39 is 12.1 Å². The number of rotatable bonds is 7. The predicted octanol–water partition coefficient (Wildman–Crippen LogP) is 5.31. The van der Waals surface area contributed by atoms with Crippen LogP contribution in [0.2, 0.25) is 5.02 Å². The van der Waals surface area contributed by atoms with E-state index in [2.05, 4.69) is 0 Å². The van der Waals surface area contributed by atoms with Crippen LogP contribution in [-0.4, -0.2) is 41.3 Å². The summed E-state index contributed by atoms with van der Waals surface area (Å²) in [7, 11) is 0. The number of benzene rings is 2. The van der Waals surface area contributed by atoms with Gasteiger partial charge in [-0.3, -0.25) is 0 Å². The van der Waals surface area contributed by atoms with Gasteiger partial charge in [0.15, 0.2) is 0 Å². The SMILES string of the molecule is O=C(O)c1ccc(C2CC(OCC3CC3)CCN2C(=O)OCc2ccccc2)cc1Cl. The molecule has 0 spiro atoms. The number of carboxylic acid groups (broad SMARTS) is 1. The molecule has 4 rings (SSSR count). The number of piperidine rings is 1. The Morgan fingerprint density at radius 2 is 1.87 bits per heavy atom. The van der Waals surface area contributed by atoms with Gasteiger partial charge in [-0.2, -0.15) is 0 Å². The Bertz CT molecular complexity index is 931. The molecule has 7 heteroatoms. The lowest BCUT2D eigenvalue weighted by atomic mass is 9.93. The minimum absolute atomic E-state index is 0.0426. The normalized spacial score (nSPS) is 21.0. The maximum absolute atomic E-state index is 12.9. The summed E-state index contributed by atoms with van der Waals surface area (Å²) in [4.78, 5) is 26.0. The minimum atomic E-state index is -1.08. The van der Waals surface area contributed by atoms with Gasteiger partial charge in [0.2, 0.25) is 0 Å². The molecule has 2 aromatic carbocycles. The molecule has 1 aliphatic carbocycles. The lowest BCUT2D eigenvalue weighted by Crippen LogP contribution is -2.43. The van der Waals surface area contributed by atoms with E-state index in [1.165, 1.54) is 18.9 Å². The van der Waals surface area contributed by atoms with Crippen molar-refractivity contribution in [3.8, 4) is 0 Å². The summed E-state index contributed by atoms with van der Waals surface area (Å²) in [5.74, 6) is -0.415. The van der Waals surface area contributed by atoms with Crippen molar-refractivity contribution in [2.45, 2.75) is 44.4 Å². The molecular weight excluding hydrogens is 418 g/mol. The molecule has 2 fully saturated rings. The molecule has 0 bridgehead atoms. The van der Waals surface area contributed by atoms with Gasteiger partial charge in [0.05, 0.1) is 22.7 Å². The standard InChI is InChI=1S/C24H26ClNO5/c25-21-12-18(8-9-20(21)23(27)28)22-13-19(30-14-17-6-7-17)10-11-26(22)24(29)31-15-16-4-2-1-3-5-16/h1-5,8-9,12,17,19,22H,6-7,10-11,13-15H2,(H,27,28). The number of hydrogen-bond acceptors (Lipinski definition) is 4. The van der Waals surface area contributed by atoms with Crippen LogP contribution < -0.4 is 0 Å². The molecule has 2 aliphatic rings. The highest BCUT2D eigenvalue weighted by molar-refractivity contribution is 6.33. The zero-order valence-electron chi connectivity index (χ0n) is 17.2. The molecule has 1 saturated heterocycles. The third-order valence-corrected chi connectivity index (χ3v) is 6.18. The van der Waals surface area contributed by atoms with E-state index in [1.54, 1.807) is 17.0 Å². The summed E-state index contributed by atoms with van der Waals surface area (Å²) in [5.41, 5.74) is 1.75. The van der Waals surface area contributed by atoms with Gasteiger partial charge in [-0.05, 0) is 54.9 Å². The number of aromatic carboxylic acids is 1. The van der Waals surface area contributed by atoms with Crippen molar-refractivity contribution in [1.29, 1.82) is 0 Å². The smallest absolute Gasteiger partial charge is 0.410 e. The highest BCUT2D eigenvalue weighted by Gasteiger charge is 2.35. The molecule has 1 aliphatic heterocycles. The Kier molecular flexibility index (Phi) is 6.78. The van der Waals surface area contributed by atoms with E-state index in [1.807, 2.05) is 30.3 Å². The Morgan fingerprint density at radius 1 is 1.10 bits per heavy atom. The topological polar surface area (TPSA) is 76.1 Å². The van der Waals surface area contributed by atoms with Gasteiger partial charge < -0.3 is 19.5 Å². The van der Waals surface area contributed by atoms with Crippen molar-refractivity contribution in [3.63, 3.8) is 0 Å². The zero-order chi connectivity index (χ0) is 21.8. The Balaban J connectivity index is 1.50. The maximum Gasteiger partial charge on any atom is 0.410 e. The van der Waals surface area contributed by atoms with Crippen LogP contribution in [0.3, 0.4) is 0 Å². The first-order valence-electron chi connectivity index (χ1n) is 10.6. The molecule has 0 radical (unpaired) electrons. The lowest BCUT2D eigenvalue weighted by molar-refractivity contribution is -0.0208. The van der Waals surface area contributed by atoms with Crippen molar-refractivity contribution < 1.29 is 24.2 Å². The Hall–Kier alpha value is -2.57. The molecule has 164 valence electrons. The van der Waals surface area contributed by atoms with Gasteiger partial charge in [0.25, 0.3) is 0 Å². The molecular formula is C24H26ClNO5. The Labute approximate surface area is 186 Å². The molecule has 1 amide bonds. The first-order valence-corrected chi connectivity index (χ1v) is 11.0. The molecule has 1 N–H and O–H groups in total. The number of halogens is 1. The summed E-state index contributed by atoms with van der Waals surface area (Å²) in [6.45, 7) is 1.46. The van der Waals surface area contributed by atoms with Crippen LogP contribution >= 0.6 is 11.6 Å². The highest BCUT2D eigenvalue weighted by Crippen LogP contribution is 2.36. The molecule has 31 heavy (non-hydrogen) atoms. The largest absolute Gasteiger partial charge is 0.478 e. The van der Waals surface area contributed by atoms with Gasteiger partial charge in [-0.25, -0.2) is 9.59 Å². The summed E-state index contributed by atoms with van der Waals surface area (Å²) in [6, 6.07) is 14.1. The molecule has 6 nitrogen and oxygen atoms in total. The first kappa shape index (κ1) is 21.7. The number of carbonyl (C=O) groups is 2. The van der Waals surface area contributed by atoms with Gasteiger partial charge >= 0.3 is 12.1 Å². The van der Waals surface area contributed by atoms with Crippen molar-refractivity contribution >= 4 is 23.7 Å². The highest BCUT2D eigenvalue weighted by atomic mass is 35.5. The van der Waals surface area contributed by atoms with Crippen LogP contribution in [-0.2, 0) is 16.1 Å². The average Bonchev–Trinajstić information content (AvgIpc) is 3.61. The van der Waals surface area contributed by atoms with Crippen LogP contribution in [0.25, 0.3) is 0 Å². The molecule has 0 aromatic heterocycles. The summed E-state index contributed by atoms with van der Waals surface area (Å²) in [5, 5.41) is 9.42. The minimum Gasteiger partial charge on any atom is -0.478 e. The van der Waals surface area contributed by atoms with E-state index in [-0.39, 0.29) is 29.3 Å². The summed E-state index contributed by atoms with van der Waals surface area (Å²) >= 11 is 6.21. The number of carbonyl (C=O) groups excluding carboxylic acids is 1. The van der Waals surface area contributed by atoms with Crippen molar-refractivity contribution in [1.82, 2.24) is 4.90 Å².